The van der Waals surface area contributed by atoms with Gasteiger partial charge in [-0.05, 0) is 66.6 Å². The lowest BCUT2D eigenvalue weighted by Crippen LogP contribution is -2.14. The molecule has 6 nitrogen and oxygen atoms in total. The number of aromatic nitrogens is 3. The summed E-state index contributed by atoms with van der Waals surface area (Å²) in [5, 5.41) is 6.08. The first kappa shape index (κ1) is 22.6. The molecule has 0 saturated heterocycles. The normalized spacial score (nSPS) is 10.4. The fraction of sp³-hybridized carbons (Fsp3) is 0.0714. The SMILES string of the molecule is C=CC(=C)Nc1ccc(C)c(C(=O)Nc2ccc(Cc3nccc(-c4cccnc4)n3)cc2)c1. The molecule has 4 rings (SSSR count). The molecular formula is C28H25N5O. The fourth-order valence-corrected chi connectivity index (χ4v) is 3.43. The molecule has 6 heteroatoms. The number of nitrogens with one attached hydrogen (secondary N) is 2. The van der Waals surface area contributed by atoms with Crippen LogP contribution < -0.4 is 10.6 Å². The summed E-state index contributed by atoms with van der Waals surface area (Å²) in [5.41, 5.74) is 6.48. The second kappa shape index (κ2) is 10.4. The zero-order chi connectivity index (χ0) is 23.9. The highest BCUT2D eigenvalue weighted by Gasteiger charge is 2.11. The van der Waals surface area contributed by atoms with E-state index < -0.39 is 0 Å². The van der Waals surface area contributed by atoms with Crippen LogP contribution in [0.15, 0.2) is 104 Å². The minimum Gasteiger partial charge on any atom is -0.356 e. The van der Waals surface area contributed by atoms with Crippen molar-refractivity contribution in [1.82, 2.24) is 15.0 Å². The number of hydrogen-bond acceptors (Lipinski definition) is 5. The van der Waals surface area contributed by atoms with Crippen LogP contribution in [0.5, 0.6) is 0 Å². The van der Waals surface area contributed by atoms with Gasteiger partial charge in [-0.3, -0.25) is 9.78 Å². The summed E-state index contributed by atoms with van der Waals surface area (Å²) >= 11 is 0. The maximum Gasteiger partial charge on any atom is 0.256 e. The van der Waals surface area contributed by atoms with Crippen molar-refractivity contribution in [2.45, 2.75) is 13.3 Å². The molecule has 1 amide bonds. The van der Waals surface area contributed by atoms with Crippen molar-refractivity contribution in [1.29, 1.82) is 0 Å². The Kier molecular flexibility index (Phi) is 6.89. The van der Waals surface area contributed by atoms with Crippen molar-refractivity contribution in [3.8, 4) is 11.3 Å². The summed E-state index contributed by atoms with van der Waals surface area (Å²) in [7, 11) is 0. The van der Waals surface area contributed by atoms with Crippen LogP contribution in [-0.2, 0) is 6.42 Å². The molecule has 4 aromatic rings. The van der Waals surface area contributed by atoms with Gasteiger partial charge >= 0.3 is 0 Å². The van der Waals surface area contributed by atoms with Gasteiger partial charge in [0.25, 0.3) is 5.91 Å². The molecule has 2 heterocycles. The molecule has 0 saturated carbocycles. The highest BCUT2D eigenvalue weighted by atomic mass is 16.1. The van der Waals surface area contributed by atoms with Gasteiger partial charge in [0, 0.05) is 53.2 Å². The lowest BCUT2D eigenvalue weighted by molar-refractivity contribution is 0.102. The highest BCUT2D eigenvalue weighted by Crippen LogP contribution is 2.20. The Morgan fingerprint density at radius 2 is 1.79 bits per heavy atom. The largest absolute Gasteiger partial charge is 0.356 e. The molecule has 2 aromatic heterocycles. The van der Waals surface area contributed by atoms with E-state index in [2.05, 4.69) is 38.7 Å². The quantitative estimate of drug-likeness (QED) is 0.334. The first-order chi connectivity index (χ1) is 16.5. The number of carbonyl (C=O) groups is 1. The Morgan fingerprint density at radius 1 is 1.00 bits per heavy atom. The van der Waals surface area contributed by atoms with Gasteiger partial charge in [-0.2, -0.15) is 0 Å². The third-order valence-electron chi connectivity index (χ3n) is 5.27. The van der Waals surface area contributed by atoms with Crippen molar-refractivity contribution in [2.75, 3.05) is 10.6 Å². The molecule has 0 bridgehead atoms. The summed E-state index contributed by atoms with van der Waals surface area (Å²) in [6.07, 6.45) is 7.49. The van der Waals surface area contributed by atoms with Crippen molar-refractivity contribution < 1.29 is 4.79 Å². The molecule has 0 atom stereocenters. The molecule has 0 spiro atoms. The van der Waals surface area contributed by atoms with E-state index in [1.54, 1.807) is 30.7 Å². The van der Waals surface area contributed by atoms with Crippen molar-refractivity contribution >= 4 is 17.3 Å². The van der Waals surface area contributed by atoms with Crippen molar-refractivity contribution in [3.05, 3.63) is 127 Å². The first-order valence-electron chi connectivity index (χ1n) is 10.8. The standard InChI is InChI=1S/C28H25N5O/c1-4-20(3)31-24-10-7-19(2)25(17-24)28(34)32-23-11-8-21(9-12-23)16-27-30-15-13-26(33-27)22-6-5-14-29-18-22/h4-15,17-18,31H,1,3,16H2,2H3,(H,32,34). The lowest BCUT2D eigenvalue weighted by atomic mass is 10.1. The van der Waals surface area contributed by atoms with Gasteiger partial charge < -0.3 is 10.6 Å². The summed E-state index contributed by atoms with van der Waals surface area (Å²) in [4.78, 5) is 26.1. The number of pyridine rings is 1. The Bertz CT molecular complexity index is 1330. The highest BCUT2D eigenvalue weighted by molar-refractivity contribution is 6.05. The summed E-state index contributed by atoms with van der Waals surface area (Å²) in [6, 6.07) is 19.0. The second-order valence-corrected chi connectivity index (χ2v) is 7.81. The molecular weight excluding hydrogens is 422 g/mol. The first-order valence-corrected chi connectivity index (χ1v) is 10.8. The van der Waals surface area contributed by atoms with Gasteiger partial charge in [0.2, 0.25) is 0 Å². The number of benzene rings is 2. The smallest absolute Gasteiger partial charge is 0.256 e. The van der Waals surface area contributed by atoms with E-state index in [9.17, 15) is 4.79 Å². The molecule has 0 aliphatic rings. The minimum atomic E-state index is -0.175. The van der Waals surface area contributed by atoms with Crippen LogP contribution in [0, 0.1) is 6.92 Å². The Morgan fingerprint density at radius 3 is 2.53 bits per heavy atom. The number of carbonyl (C=O) groups excluding carboxylic acids is 1. The van der Waals surface area contributed by atoms with E-state index in [-0.39, 0.29) is 5.91 Å². The number of allylic oxidation sites excluding steroid dienone is 1. The monoisotopic (exact) mass is 447 g/mol. The molecule has 168 valence electrons. The Hall–Kier alpha value is -4.58. The van der Waals surface area contributed by atoms with Crippen LogP contribution in [-0.4, -0.2) is 20.9 Å². The third kappa shape index (κ3) is 5.61. The van der Waals surface area contributed by atoms with E-state index in [1.165, 1.54) is 0 Å². The molecule has 2 aromatic carbocycles. The minimum absolute atomic E-state index is 0.175. The summed E-state index contributed by atoms with van der Waals surface area (Å²) < 4.78 is 0. The molecule has 0 aliphatic carbocycles. The molecule has 0 radical (unpaired) electrons. The third-order valence-corrected chi connectivity index (χ3v) is 5.27. The van der Waals surface area contributed by atoms with E-state index in [4.69, 9.17) is 0 Å². The van der Waals surface area contributed by atoms with Crippen molar-refractivity contribution in [3.63, 3.8) is 0 Å². The molecule has 0 unspecified atom stereocenters. The summed E-state index contributed by atoms with van der Waals surface area (Å²) in [6.45, 7) is 9.44. The van der Waals surface area contributed by atoms with Gasteiger partial charge in [0.05, 0.1) is 5.69 Å². The number of aryl methyl sites for hydroxylation is 1. The molecule has 0 aliphatic heterocycles. The zero-order valence-electron chi connectivity index (χ0n) is 19.0. The molecule has 2 N–H and O–H groups in total. The fourth-order valence-electron chi connectivity index (χ4n) is 3.43. The van der Waals surface area contributed by atoms with Crippen LogP contribution >= 0.6 is 0 Å². The van der Waals surface area contributed by atoms with Crippen LogP contribution in [0.1, 0.15) is 27.3 Å². The van der Waals surface area contributed by atoms with E-state index in [1.807, 2.05) is 61.5 Å². The number of nitrogens with zero attached hydrogens (tertiary/aromatic N) is 3. The van der Waals surface area contributed by atoms with Crippen LogP contribution in [0.25, 0.3) is 11.3 Å². The van der Waals surface area contributed by atoms with Gasteiger partial charge in [-0.1, -0.05) is 31.4 Å². The van der Waals surface area contributed by atoms with Crippen LogP contribution in [0.4, 0.5) is 11.4 Å². The number of amides is 1. The maximum absolute atomic E-state index is 12.9. The topological polar surface area (TPSA) is 79.8 Å². The lowest BCUT2D eigenvalue weighted by Gasteiger charge is -2.12. The van der Waals surface area contributed by atoms with E-state index >= 15 is 0 Å². The van der Waals surface area contributed by atoms with Crippen LogP contribution in [0.2, 0.25) is 0 Å². The Labute approximate surface area is 199 Å². The summed E-state index contributed by atoms with van der Waals surface area (Å²) in [5.74, 6) is 0.546. The van der Waals surface area contributed by atoms with E-state index in [0.717, 1.165) is 33.9 Å². The van der Waals surface area contributed by atoms with E-state index in [0.29, 0.717) is 23.4 Å². The number of rotatable bonds is 8. The molecule has 34 heavy (non-hydrogen) atoms. The average molecular weight is 448 g/mol. The van der Waals surface area contributed by atoms with Gasteiger partial charge in [-0.15, -0.1) is 0 Å². The number of hydrogen-bond donors (Lipinski definition) is 2. The predicted molar refractivity (Wildman–Crippen MR) is 137 cm³/mol. The molecule has 0 fully saturated rings. The maximum atomic E-state index is 12.9. The zero-order valence-corrected chi connectivity index (χ0v) is 19.0. The predicted octanol–water partition coefficient (Wildman–Crippen LogP) is 5.80. The number of anilines is 2. The van der Waals surface area contributed by atoms with Gasteiger partial charge in [-0.25, -0.2) is 9.97 Å². The second-order valence-electron chi connectivity index (χ2n) is 7.81. The van der Waals surface area contributed by atoms with Crippen molar-refractivity contribution in [2.24, 2.45) is 0 Å². The van der Waals surface area contributed by atoms with Gasteiger partial charge in [0.15, 0.2) is 0 Å². The van der Waals surface area contributed by atoms with Gasteiger partial charge in [0.1, 0.15) is 5.82 Å². The van der Waals surface area contributed by atoms with Crippen LogP contribution in [0.3, 0.4) is 0 Å². The Balaban J connectivity index is 1.44. The average Bonchev–Trinajstić information content (AvgIpc) is 2.87.